The van der Waals surface area contributed by atoms with Crippen molar-refractivity contribution < 1.29 is 4.74 Å². The van der Waals surface area contributed by atoms with E-state index < -0.39 is 0 Å². The number of hydrogen-bond donors (Lipinski definition) is 0. The van der Waals surface area contributed by atoms with Crippen LogP contribution in [-0.4, -0.2) is 4.57 Å². The summed E-state index contributed by atoms with van der Waals surface area (Å²) in [4.78, 5) is 12.5. The highest BCUT2D eigenvalue weighted by atomic mass is 35.5. The Morgan fingerprint density at radius 3 is 2.42 bits per heavy atom. The van der Waals surface area contributed by atoms with Crippen LogP contribution in [0.4, 0.5) is 0 Å². The molecule has 6 heteroatoms. The third kappa shape index (κ3) is 3.75. The third-order valence-electron chi connectivity index (χ3n) is 4.04. The zero-order valence-electron chi connectivity index (χ0n) is 14.2. The minimum Gasteiger partial charge on any atom is -0.441 e. The van der Waals surface area contributed by atoms with Crippen LogP contribution in [0.15, 0.2) is 53.3 Å². The molecule has 3 nitrogen and oxygen atoms in total. The highest BCUT2D eigenvalue weighted by Crippen LogP contribution is 2.33. The van der Waals surface area contributed by atoms with Gasteiger partial charge in [-0.1, -0.05) is 46.9 Å². The molecule has 134 valence electrons. The monoisotopic (exact) mass is 407 g/mol. The van der Waals surface area contributed by atoms with E-state index in [9.17, 15) is 4.79 Å². The van der Waals surface area contributed by atoms with Crippen molar-refractivity contribution in [3.8, 4) is 22.9 Å². The molecule has 0 saturated carbocycles. The zero-order valence-corrected chi connectivity index (χ0v) is 16.5. The van der Waals surface area contributed by atoms with Crippen LogP contribution in [0.5, 0.6) is 11.6 Å². The van der Waals surface area contributed by atoms with Crippen molar-refractivity contribution in [2.45, 2.75) is 20.4 Å². The number of ether oxygens (including phenoxy) is 1. The van der Waals surface area contributed by atoms with Gasteiger partial charge in [-0.3, -0.25) is 4.79 Å². The highest BCUT2D eigenvalue weighted by Gasteiger charge is 2.16. The Morgan fingerprint density at radius 2 is 1.77 bits per heavy atom. The maximum Gasteiger partial charge on any atom is 0.204 e. The van der Waals surface area contributed by atoms with E-state index in [0.717, 1.165) is 11.3 Å². The smallest absolute Gasteiger partial charge is 0.204 e. The molecule has 0 fully saturated rings. The predicted molar refractivity (Wildman–Crippen MR) is 108 cm³/mol. The molecular formula is C20H16Cl3NO2. The Morgan fingerprint density at radius 1 is 1.00 bits per heavy atom. The van der Waals surface area contributed by atoms with Crippen molar-refractivity contribution in [1.82, 2.24) is 4.57 Å². The largest absolute Gasteiger partial charge is 0.441 e. The Kier molecular flexibility index (Phi) is 5.61. The maximum absolute atomic E-state index is 12.5. The minimum absolute atomic E-state index is 0.118. The quantitative estimate of drug-likeness (QED) is 0.487. The van der Waals surface area contributed by atoms with Gasteiger partial charge in [0, 0.05) is 28.8 Å². The summed E-state index contributed by atoms with van der Waals surface area (Å²) in [6, 6.07) is 13.8. The third-order valence-corrected chi connectivity index (χ3v) is 5.02. The van der Waals surface area contributed by atoms with Crippen LogP contribution >= 0.6 is 34.8 Å². The summed E-state index contributed by atoms with van der Waals surface area (Å²) in [6.45, 7) is 4.37. The fourth-order valence-electron chi connectivity index (χ4n) is 2.79. The second-order valence-corrected chi connectivity index (χ2v) is 7.00. The lowest BCUT2D eigenvalue weighted by Crippen LogP contribution is -2.15. The molecule has 0 unspecified atom stereocenters. The van der Waals surface area contributed by atoms with Gasteiger partial charge < -0.3 is 9.30 Å². The molecular weight excluding hydrogens is 393 g/mol. The fourth-order valence-corrected chi connectivity index (χ4v) is 3.27. The molecule has 26 heavy (non-hydrogen) atoms. The van der Waals surface area contributed by atoms with Crippen LogP contribution in [0.2, 0.25) is 15.1 Å². The zero-order chi connectivity index (χ0) is 18.8. The number of benzene rings is 2. The van der Waals surface area contributed by atoms with Gasteiger partial charge in [-0.25, -0.2) is 0 Å². The van der Waals surface area contributed by atoms with Crippen LogP contribution in [0.3, 0.4) is 0 Å². The first kappa shape index (κ1) is 18.8. The van der Waals surface area contributed by atoms with Crippen molar-refractivity contribution in [3.63, 3.8) is 0 Å². The van der Waals surface area contributed by atoms with Crippen molar-refractivity contribution in [2.24, 2.45) is 0 Å². The maximum atomic E-state index is 12.5. The Labute approximate surface area is 166 Å². The number of halogens is 3. The van der Waals surface area contributed by atoms with Crippen molar-refractivity contribution in [1.29, 1.82) is 0 Å². The molecule has 0 spiro atoms. The van der Waals surface area contributed by atoms with E-state index in [1.54, 1.807) is 43.3 Å². The lowest BCUT2D eigenvalue weighted by molar-refractivity contribution is 0.428. The van der Waals surface area contributed by atoms with E-state index in [1.807, 2.05) is 17.6 Å². The minimum atomic E-state index is -0.118. The average molecular weight is 409 g/mol. The van der Waals surface area contributed by atoms with Crippen LogP contribution in [0.25, 0.3) is 11.3 Å². The van der Waals surface area contributed by atoms with Crippen molar-refractivity contribution in [2.75, 3.05) is 0 Å². The summed E-state index contributed by atoms with van der Waals surface area (Å²) in [7, 11) is 0. The summed E-state index contributed by atoms with van der Waals surface area (Å²) in [5, 5.41) is 1.45. The van der Waals surface area contributed by atoms with E-state index in [2.05, 4.69) is 0 Å². The van der Waals surface area contributed by atoms with Gasteiger partial charge in [-0.2, -0.15) is 0 Å². The molecule has 0 bridgehead atoms. The van der Waals surface area contributed by atoms with Gasteiger partial charge in [0.2, 0.25) is 5.88 Å². The molecule has 0 N–H and O–H groups in total. The van der Waals surface area contributed by atoms with Crippen LogP contribution in [0.1, 0.15) is 12.5 Å². The first-order valence-electron chi connectivity index (χ1n) is 8.04. The summed E-state index contributed by atoms with van der Waals surface area (Å²) in [5.74, 6) is 0.995. The topological polar surface area (TPSA) is 31.2 Å². The summed E-state index contributed by atoms with van der Waals surface area (Å²) in [5.41, 5.74) is 2.04. The molecule has 0 amide bonds. The lowest BCUT2D eigenvalue weighted by atomic mass is 10.1. The highest BCUT2D eigenvalue weighted by molar-refractivity contribution is 6.42. The second kappa shape index (κ2) is 7.75. The first-order chi connectivity index (χ1) is 12.4. The summed E-state index contributed by atoms with van der Waals surface area (Å²) < 4.78 is 7.88. The summed E-state index contributed by atoms with van der Waals surface area (Å²) in [6.07, 6.45) is 0. The van der Waals surface area contributed by atoms with Gasteiger partial charge in [0.15, 0.2) is 5.43 Å². The van der Waals surface area contributed by atoms with Gasteiger partial charge in [-0.05, 0) is 44.2 Å². The van der Waals surface area contributed by atoms with E-state index in [0.29, 0.717) is 38.8 Å². The number of rotatable bonds is 4. The molecule has 0 saturated heterocycles. The van der Waals surface area contributed by atoms with Crippen LogP contribution in [-0.2, 0) is 6.54 Å². The Hall–Kier alpha value is -1.94. The number of hydrogen-bond acceptors (Lipinski definition) is 2. The molecule has 0 radical (unpaired) electrons. The molecule has 0 atom stereocenters. The molecule has 0 aliphatic heterocycles. The number of aromatic nitrogens is 1. The summed E-state index contributed by atoms with van der Waals surface area (Å²) >= 11 is 18.2. The van der Waals surface area contributed by atoms with E-state index in [-0.39, 0.29) is 5.43 Å². The average Bonchev–Trinajstić information content (AvgIpc) is 2.60. The first-order valence-corrected chi connectivity index (χ1v) is 9.17. The number of pyridine rings is 1. The molecule has 3 rings (SSSR count). The van der Waals surface area contributed by atoms with Crippen LogP contribution in [0, 0.1) is 6.92 Å². The molecule has 0 aliphatic carbocycles. The molecule has 0 aliphatic rings. The van der Waals surface area contributed by atoms with E-state index >= 15 is 0 Å². The van der Waals surface area contributed by atoms with Gasteiger partial charge in [0.1, 0.15) is 5.75 Å². The SMILES string of the molecule is CCn1c(Oc2cccc(Cl)c2)cc(=O)c(C)c1-c1ccc(Cl)c(Cl)c1. The fraction of sp³-hybridized carbons (Fsp3) is 0.150. The Balaban J connectivity index is 2.19. The molecule has 1 aromatic heterocycles. The van der Waals surface area contributed by atoms with Gasteiger partial charge in [-0.15, -0.1) is 0 Å². The normalized spacial score (nSPS) is 10.8. The van der Waals surface area contributed by atoms with Gasteiger partial charge in [0.25, 0.3) is 0 Å². The standard InChI is InChI=1S/C20H16Cl3NO2/c1-3-24-19(26-15-6-4-5-14(21)10-15)11-18(25)12(2)20(24)13-7-8-16(22)17(23)9-13/h4-11H,3H2,1-2H3. The second-order valence-electron chi connectivity index (χ2n) is 5.75. The van der Waals surface area contributed by atoms with E-state index in [1.165, 1.54) is 6.07 Å². The van der Waals surface area contributed by atoms with Crippen LogP contribution < -0.4 is 10.2 Å². The molecule has 1 heterocycles. The Bertz CT molecular complexity index is 1030. The van der Waals surface area contributed by atoms with Gasteiger partial charge >= 0.3 is 0 Å². The van der Waals surface area contributed by atoms with E-state index in [4.69, 9.17) is 39.5 Å². The number of nitrogens with zero attached hydrogens (tertiary/aromatic N) is 1. The van der Waals surface area contributed by atoms with Crippen molar-refractivity contribution in [3.05, 3.63) is 79.4 Å². The van der Waals surface area contributed by atoms with Crippen molar-refractivity contribution >= 4 is 34.8 Å². The predicted octanol–water partition coefficient (Wildman–Crippen LogP) is 6.60. The molecule has 2 aromatic carbocycles. The molecule has 3 aromatic rings. The lowest BCUT2D eigenvalue weighted by Gasteiger charge is -2.20. The van der Waals surface area contributed by atoms with Gasteiger partial charge in [0.05, 0.1) is 15.7 Å².